The van der Waals surface area contributed by atoms with Crippen LogP contribution in [0.4, 0.5) is 0 Å². The molecule has 1 aliphatic rings. The van der Waals surface area contributed by atoms with Gasteiger partial charge in [0, 0.05) is 18.3 Å². The van der Waals surface area contributed by atoms with Gasteiger partial charge in [0.15, 0.2) is 0 Å². The Labute approximate surface area is 95.9 Å². The summed E-state index contributed by atoms with van der Waals surface area (Å²) in [6.45, 7) is 2.96. The van der Waals surface area contributed by atoms with Crippen LogP contribution in [0.5, 0.6) is 0 Å². The van der Waals surface area contributed by atoms with Gasteiger partial charge in [-0.05, 0) is 43.4 Å². The Morgan fingerprint density at radius 3 is 2.93 bits per heavy atom. The molecule has 15 heavy (non-hydrogen) atoms. The third kappa shape index (κ3) is 3.50. The lowest BCUT2D eigenvalue weighted by molar-refractivity contribution is 0.478. The molecule has 2 heterocycles. The molecule has 1 saturated heterocycles. The van der Waals surface area contributed by atoms with Crippen LogP contribution in [-0.4, -0.2) is 22.5 Å². The Hall–Kier alpha value is -0.540. The van der Waals surface area contributed by atoms with Gasteiger partial charge >= 0.3 is 0 Å². The normalized spacial score (nSPS) is 17.9. The molecule has 0 amide bonds. The molecule has 0 aromatic carbocycles. The number of pyridine rings is 1. The lowest BCUT2D eigenvalue weighted by Crippen LogP contribution is -2.32. The largest absolute Gasteiger partial charge is 0.308 e. The second kappa shape index (κ2) is 5.52. The standard InChI is InChI=1S/C12H18N2S/c1-10-3-2-4-12(14-10)9-13-11-5-7-15-8-6-11/h2-4,11,13H,5-9H2,1H3. The van der Waals surface area contributed by atoms with Crippen molar-refractivity contribution < 1.29 is 0 Å². The molecule has 0 bridgehead atoms. The zero-order valence-corrected chi connectivity index (χ0v) is 10.0. The Balaban J connectivity index is 1.81. The minimum atomic E-state index is 0.702. The molecule has 0 atom stereocenters. The van der Waals surface area contributed by atoms with Crippen molar-refractivity contribution in [1.82, 2.24) is 10.3 Å². The molecule has 0 spiro atoms. The zero-order chi connectivity index (χ0) is 10.5. The third-order valence-corrected chi connectivity index (χ3v) is 3.79. The summed E-state index contributed by atoms with van der Waals surface area (Å²) in [7, 11) is 0. The van der Waals surface area contributed by atoms with Crippen molar-refractivity contribution in [3.8, 4) is 0 Å². The highest BCUT2D eigenvalue weighted by atomic mass is 32.2. The monoisotopic (exact) mass is 222 g/mol. The van der Waals surface area contributed by atoms with E-state index in [-0.39, 0.29) is 0 Å². The van der Waals surface area contributed by atoms with E-state index in [2.05, 4.69) is 34.2 Å². The van der Waals surface area contributed by atoms with Crippen LogP contribution in [-0.2, 0) is 6.54 Å². The Morgan fingerprint density at radius 2 is 2.20 bits per heavy atom. The molecule has 1 fully saturated rings. The van der Waals surface area contributed by atoms with E-state index in [0.29, 0.717) is 6.04 Å². The molecule has 0 unspecified atom stereocenters. The Morgan fingerprint density at radius 1 is 1.40 bits per heavy atom. The van der Waals surface area contributed by atoms with Crippen molar-refractivity contribution in [2.75, 3.05) is 11.5 Å². The number of rotatable bonds is 3. The van der Waals surface area contributed by atoms with Gasteiger partial charge in [0.05, 0.1) is 5.69 Å². The molecular weight excluding hydrogens is 204 g/mol. The van der Waals surface area contributed by atoms with Gasteiger partial charge in [-0.15, -0.1) is 0 Å². The van der Waals surface area contributed by atoms with E-state index in [1.54, 1.807) is 0 Å². The first-order valence-corrected chi connectivity index (χ1v) is 6.74. The summed E-state index contributed by atoms with van der Waals surface area (Å²) in [5, 5.41) is 3.59. The lowest BCUT2D eigenvalue weighted by atomic mass is 10.1. The van der Waals surface area contributed by atoms with Gasteiger partial charge < -0.3 is 5.32 Å². The van der Waals surface area contributed by atoms with Crippen molar-refractivity contribution in [2.24, 2.45) is 0 Å². The number of hydrogen-bond acceptors (Lipinski definition) is 3. The minimum Gasteiger partial charge on any atom is -0.308 e. The number of thioether (sulfide) groups is 1. The summed E-state index contributed by atoms with van der Waals surface area (Å²) < 4.78 is 0. The molecule has 0 radical (unpaired) electrons. The quantitative estimate of drug-likeness (QED) is 0.850. The molecular formula is C12H18N2S. The van der Waals surface area contributed by atoms with E-state index >= 15 is 0 Å². The van der Waals surface area contributed by atoms with E-state index in [0.717, 1.165) is 17.9 Å². The van der Waals surface area contributed by atoms with Crippen molar-refractivity contribution in [3.05, 3.63) is 29.6 Å². The minimum absolute atomic E-state index is 0.702. The summed E-state index contributed by atoms with van der Waals surface area (Å²) in [4.78, 5) is 4.49. The van der Waals surface area contributed by atoms with Crippen molar-refractivity contribution in [1.29, 1.82) is 0 Å². The second-order valence-electron chi connectivity index (χ2n) is 4.04. The summed E-state index contributed by atoms with van der Waals surface area (Å²) in [6.07, 6.45) is 2.60. The molecule has 0 saturated carbocycles. The molecule has 0 aliphatic carbocycles. The highest BCUT2D eigenvalue weighted by Crippen LogP contribution is 2.17. The van der Waals surface area contributed by atoms with Crippen molar-refractivity contribution >= 4 is 11.8 Å². The number of nitrogens with one attached hydrogen (secondary N) is 1. The first-order valence-electron chi connectivity index (χ1n) is 5.58. The molecule has 1 N–H and O–H groups in total. The number of aryl methyl sites for hydroxylation is 1. The van der Waals surface area contributed by atoms with Crippen LogP contribution in [0.15, 0.2) is 18.2 Å². The summed E-state index contributed by atoms with van der Waals surface area (Å²) in [5.41, 5.74) is 2.27. The molecule has 3 heteroatoms. The van der Waals surface area contributed by atoms with Gasteiger partial charge in [0.1, 0.15) is 0 Å². The highest BCUT2D eigenvalue weighted by Gasteiger charge is 2.12. The topological polar surface area (TPSA) is 24.9 Å². The predicted molar refractivity (Wildman–Crippen MR) is 66.2 cm³/mol. The fourth-order valence-corrected chi connectivity index (χ4v) is 2.96. The predicted octanol–water partition coefficient (Wildman–Crippen LogP) is 2.38. The second-order valence-corrected chi connectivity index (χ2v) is 5.26. The Bertz CT molecular complexity index is 308. The van der Waals surface area contributed by atoms with Gasteiger partial charge in [-0.25, -0.2) is 0 Å². The highest BCUT2D eigenvalue weighted by molar-refractivity contribution is 7.99. The van der Waals surface area contributed by atoms with Crippen LogP contribution in [0.2, 0.25) is 0 Å². The fourth-order valence-electron chi connectivity index (χ4n) is 1.85. The molecule has 1 aromatic heterocycles. The van der Waals surface area contributed by atoms with Crippen LogP contribution >= 0.6 is 11.8 Å². The van der Waals surface area contributed by atoms with Crippen LogP contribution in [0, 0.1) is 6.92 Å². The third-order valence-electron chi connectivity index (χ3n) is 2.74. The molecule has 1 aliphatic heterocycles. The SMILES string of the molecule is Cc1cccc(CNC2CCSCC2)n1. The van der Waals surface area contributed by atoms with E-state index in [4.69, 9.17) is 0 Å². The van der Waals surface area contributed by atoms with Crippen molar-refractivity contribution in [3.63, 3.8) is 0 Å². The van der Waals surface area contributed by atoms with E-state index < -0.39 is 0 Å². The molecule has 1 aromatic rings. The maximum absolute atomic E-state index is 4.49. The van der Waals surface area contributed by atoms with Crippen LogP contribution in [0.25, 0.3) is 0 Å². The summed E-state index contributed by atoms with van der Waals surface area (Å²) >= 11 is 2.07. The average molecular weight is 222 g/mol. The van der Waals surface area contributed by atoms with Gasteiger partial charge in [-0.1, -0.05) is 6.07 Å². The first-order chi connectivity index (χ1) is 7.34. The van der Waals surface area contributed by atoms with E-state index in [1.807, 2.05) is 13.0 Å². The lowest BCUT2D eigenvalue weighted by Gasteiger charge is -2.22. The smallest absolute Gasteiger partial charge is 0.0544 e. The van der Waals surface area contributed by atoms with Gasteiger partial charge in [-0.2, -0.15) is 11.8 Å². The number of aromatic nitrogens is 1. The number of hydrogen-bond donors (Lipinski definition) is 1. The number of nitrogens with zero attached hydrogens (tertiary/aromatic N) is 1. The maximum Gasteiger partial charge on any atom is 0.0544 e. The fraction of sp³-hybridized carbons (Fsp3) is 0.583. The molecule has 2 rings (SSSR count). The molecule has 2 nitrogen and oxygen atoms in total. The summed E-state index contributed by atoms with van der Waals surface area (Å²) in [5.74, 6) is 2.61. The van der Waals surface area contributed by atoms with Crippen LogP contribution < -0.4 is 5.32 Å². The summed E-state index contributed by atoms with van der Waals surface area (Å²) in [6, 6.07) is 6.92. The average Bonchev–Trinajstić information content (AvgIpc) is 2.28. The van der Waals surface area contributed by atoms with Gasteiger partial charge in [0.25, 0.3) is 0 Å². The van der Waals surface area contributed by atoms with Gasteiger partial charge in [0.2, 0.25) is 0 Å². The zero-order valence-electron chi connectivity index (χ0n) is 9.20. The van der Waals surface area contributed by atoms with Crippen LogP contribution in [0.3, 0.4) is 0 Å². The van der Waals surface area contributed by atoms with E-state index in [9.17, 15) is 0 Å². The maximum atomic E-state index is 4.49. The van der Waals surface area contributed by atoms with E-state index in [1.165, 1.54) is 24.3 Å². The van der Waals surface area contributed by atoms with Crippen LogP contribution in [0.1, 0.15) is 24.2 Å². The van der Waals surface area contributed by atoms with Gasteiger partial charge in [-0.3, -0.25) is 4.98 Å². The Kier molecular flexibility index (Phi) is 4.03. The van der Waals surface area contributed by atoms with Crippen molar-refractivity contribution in [2.45, 2.75) is 32.4 Å². The molecule has 82 valence electrons. The first kappa shape index (κ1) is 11.0.